The van der Waals surface area contributed by atoms with Crippen molar-refractivity contribution in [3.8, 4) is 0 Å². The zero-order valence-corrected chi connectivity index (χ0v) is 14.9. The van der Waals surface area contributed by atoms with E-state index in [0.29, 0.717) is 24.3 Å². The zero-order valence-electron chi connectivity index (χ0n) is 14.1. The molecule has 1 aliphatic carbocycles. The minimum absolute atomic E-state index is 0.0553. The largest absolute Gasteiger partial charge is 0.355 e. The SMILES string of the molecule is CCNC(=O)CN1CCc2nc(NC(=O)NC3CCCC3)sc2C1. The minimum Gasteiger partial charge on any atom is -0.355 e. The monoisotopic (exact) mass is 351 g/mol. The van der Waals surface area contributed by atoms with Crippen LogP contribution in [0.2, 0.25) is 0 Å². The Hall–Kier alpha value is -1.67. The molecule has 24 heavy (non-hydrogen) atoms. The third-order valence-electron chi connectivity index (χ3n) is 4.46. The van der Waals surface area contributed by atoms with Crippen LogP contribution in [0.5, 0.6) is 0 Å². The van der Waals surface area contributed by atoms with Gasteiger partial charge < -0.3 is 10.6 Å². The van der Waals surface area contributed by atoms with Crippen LogP contribution in [0.1, 0.15) is 43.2 Å². The second-order valence-corrected chi connectivity index (χ2v) is 7.47. The van der Waals surface area contributed by atoms with Crippen molar-refractivity contribution in [3.63, 3.8) is 0 Å². The maximum Gasteiger partial charge on any atom is 0.321 e. The van der Waals surface area contributed by atoms with Gasteiger partial charge in [0.05, 0.1) is 12.2 Å². The first-order valence-corrected chi connectivity index (χ1v) is 9.51. The molecule has 7 nitrogen and oxygen atoms in total. The van der Waals surface area contributed by atoms with Crippen LogP contribution in [-0.2, 0) is 17.8 Å². The molecule has 3 rings (SSSR count). The van der Waals surface area contributed by atoms with E-state index in [2.05, 4.69) is 25.8 Å². The lowest BCUT2D eigenvalue weighted by molar-refractivity contribution is -0.122. The maximum absolute atomic E-state index is 12.0. The van der Waals surface area contributed by atoms with E-state index in [1.807, 2.05) is 6.92 Å². The highest BCUT2D eigenvalue weighted by Crippen LogP contribution is 2.28. The molecule has 0 saturated heterocycles. The van der Waals surface area contributed by atoms with Gasteiger partial charge >= 0.3 is 6.03 Å². The first-order valence-electron chi connectivity index (χ1n) is 8.69. The molecule has 1 aliphatic heterocycles. The number of rotatable bonds is 5. The summed E-state index contributed by atoms with van der Waals surface area (Å²) >= 11 is 1.51. The molecule has 1 saturated carbocycles. The quantitative estimate of drug-likeness (QED) is 0.754. The number of anilines is 1. The number of likely N-dealkylation sites (N-methyl/N-ethyl adjacent to an activating group) is 1. The highest BCUT2D eigenvalue weighted by molar-refractivity contribution is 7.15. The lowest BCUT2D eigenvalue weighted by atomic mass is 10.2. The first kappa shape index (κ1) is 17.2. The molecule has 0 bridgehead atoms. The van der Waals surface area contributed by atoms with Gasteiger partial charge in [-0.1, -0.05) is 12.8 Å². The Morgan fingerprint density at radius 3 is 2.88 bits per heavy atom. The fourth-order valence-electron chi connectivity index (χ4n) is 3.28. The summed E-state index contributed by atoms with van der Waals surface area (Å²) in [6.45, 7) is 4.53. The first-order chi connectivity index (χ1) is 11.6. The van der Waals surface area contributed by atoms with Gasteiger partial charge in [-0.3, -0.25) is 15.0 Å². The summed E-state index contributed by atoms with van der Waals surface area (Å²) in [5, 5.41) is 9.34. The third-order valence-corrected chi connectivity index (χ3v) is 5.46. The molecule has 3 amide bonds. The molecule has 2 aliphatic rings. The number of nitrogens with zero attached hydrogens (tertiary/aromatic N) is 2. The summed E-state index contributed by atoms with van der Waals surface area (Å²) in [5.41, 5.74) is 1.04. The van der Waals surface area contributed by atoms with Crippen molar-refractivity contribution >= 4 is 28.4 Å². The van der Waals surface area contributed by atoms with Gasteiger partial charge in [-0.05, 0) is 19.8 Å². The van der Waals surface area contributed by atoms with E-state index in [9.17, 15) is 9.59 Å². The average Bonchev–Trinajstić information content (AvgIpc) is 3.16. The maximum atomic E-state index is 12.0. The Morgan fingerprint density at radius 1 is 1.33 bits per heavy atom. The van der Waals surface area contributed by atoms with Crippen LogP contribution in [-0.4, -0.2) is 47.5 Å². The van der Waals surface area contributed by atoms with Crippen molar-refractivity contribution in [1.82, 2.24) is 20.5 Å². The predicted octanol–water partition coefficient (Wildman–Crippen LogP) is 1.70. The topological polar surface area (TPSA) is 86.4 Å². The second kappa shape index (κ2) is 7.94. The van der Waals surface area contributed by atoms with Gasteiger partial charge in [0.1, 0.15) is 0 Å². The molecule has 0 unspecified atom stereocenters. The molecule has 1 aromatic rings. The summed E-state index contributed by atoms with van der Waals surface area (Å²) in [6.07, 6.45) is 5.33. The molecule has 0 atom stereocenters. The lowest BCUT2D eigenvalue weighted by Crippen LogP contribution is -2.39. The number of hydrogen-bond acceptors (Lipinski definition) is 5. The van der Waals surface area contributed by atoms with Crippen LogP contribution < -0.4 is 16.0 Å². The van der Waals surface area contributed by atoms with E-state index >= 15 is 0 Å². The van der Waals surface area contributed by atoms with Gasteiger partial charge in [0.25, 0.3) is 0 Å². The Morgan fingerprint density at radius 2 is 2.12 bits per heavy atom. The van der Waals surface area contributed by atoms with E-state index in [4.69, 9.17) is 0 Å². The number of nitrogens with one attached hydrogen (secondary N) is 3. The van der Waals surface area contributed by atoms with Gasteiger partial charge in [0, 0.05) is 37.0 Å². The Labute approximate surface area is 146 Å². The zero-order chi connectivity index (χ0) is 16.9. The second-order valence-electron chi connectivity index (χ2n) is 6.38. The summed E-state index contributed by atoms with van der Waals surface area (Å²) in [6, 6.07) is 0.138. The molecular formula is C16H25N5O2S. The number of carbonyl (C=O) groups excluding carboxylic acids is 2. The van der Waals surface area contributed by atoms with Crippen molar-refractivity contribution in [2.75, 3.05) is 25.0 Å². The smallest absolute Gasteiger partial charge is 0.321 e. The molecule has 2 heterocycles. The summed E-state index contributed by atoms with van der Waals surface area (Å²) < 4.78 is 0. The highest BCUT2D eigenvalue weighted by atomic mass is 32.1. The van der Waals surface area contributed by atoms with Gasteiger partial charge in [0.15, 0.2) is 5.13 Å². The van der Waals surface area contributed by atoms with E-state index in [0.717, 1.165) is 42.9 Å². The van der Waals surface area contributed by atoms with Gasteiger partial charge in [0.2, 0.25) is 5.91 Å². The summed E-state index contributed by atoms with van der Waals surface area (Å²) in [4.78, 5) is 31.5. The molecule has 3 N–H and O–H groups in total. The van der Waals surface area contributed by atoms with Gasteiger partial charge in [-0.25, -0.2) is 9.78 Å². The molecule has 132 valence electrons. The number of fused-ring (bicyclic) bond motifs is 1. The third kappa shape index (κ3) is 4.45. The standard InChI is InChI=1S/C16H25N5O2S/c1-2-17-14(22)10-21-8-7-12-13(9-21)24-16(19-12)20-15(23)18-11-5-3-4-6-11/h11H,2-10H2,1H3,(H,17,22)(H2,18,19,20,23). The predicted molar refractivity (Wildman–Crippen MR) is 94.2 cm³/mol. The van der Waals surface area contributed by atoms with Crippen LogP contribution in [0.3, 0.4) is 0 Å². The van der Waals surface area contributed by atoms with Crippen molar-refractivity contribution in [1.29, 1.82) is 0 Å². The van der Waals surface area contributed by atoms with Crippen molar-refractivity contribution in [2.24, 2.45) is 0 Å². The molecular weight excluding hydrogens is 326 g/mol. The Kier molecular flexibility index (Phi) is 5.68. The van der Waals surface area contributed by atoms with Crippen LogP contribution in [0, 0.1) is 0 Å². The fraction of sp³-hybridized carbons (Fsp3) is 0.688. The fourth-order valence-corrected chi connectivity index (χ4v) is 4.33. The lowest BCUT2D eigenvalue weighted by Gasteiger charge is -2.24. The van der Waals surface area contributed by atoms with E-state index in [-0.39, 0.29) is 11.9 Å². The number of amides is 3. The van der Waals surface area contributed by atoms with E-state index in [1.54, 1.807) is 0 Å². The highest BCUT2D eigenvalue weighted by Gasteiger charge is 2.23. The van der Waals surface area contributed by atoms with Crippen LogP contribution in [0.4, 0.5) is 9.93 Å². The van der Waals surface area contributed by atoms with Crippen molar-refractivity contribution in [2.45, 2.75) is 51.6 Å². The van der Waals surface area contributed by atoms with E-state index < -0.39 is 0 Å². The Bertz CT molecular complexity index is 597. The minimum atomic E-state index is -0.160. The number of aromatic nitrogens is 1. The molecule has 0 spiro atoms. The molecule has 8 heteroatoms. The Balaban J connectivity index is 1.52. The van der Waals surface area contributed by atoms with Crippen molar-refractivity contribution in [3.05, 3.63) is 10.6 Å². The number of thiazole rings is 1. The number of urea groups is 1. The van der Waals surface area contributed by atoms with Crippen LogP contribution >= 0.6 is 11.3 Å². The normalized spacial score (nSPS) is 18.2. The van der Waals surface area contributed by atoms with Crippen LogP contribution in [0.25, 0.3) is 0 Å². The van der Waals surface area contributed by atoms with Gasteiger partial charge in [-0.15, -0.1) is 11.3 Å². The molecule has 0 radical (unpaired) electrons. The molecule has 1 fully saturated rings. The van der Waals surface area contributed by atoms with Crippen LogP contribution in [0.15, 0.2) is 0 Å². The van der Waals surface area contributed by atoms with E-state index in [1.165, 1.54) is 24.2 Å². The molecule has 0 aromatic carbocycles. The average molecular weight is 351 g/mol. The van der Waals surface area contributed by atoms with Gasteiger partial charge in [-0.2, -0.15) is 0 Å². The summed E-state index contributed by atoms with van der Waals surface area (Å²) in [5.74, 6) is 0.0553. The molecule has 1 aromatic heterocycles. The van der Waals surface area contributed by atoms with Crippen molar-refractivity contribution < 1.29 is 9.59 Å². The number of carbonyl (C=O) groups is 2. The number of hydrogen-bond donors (Lipinski definition) is 3. The summed E-state index contributed by atoms with van der Waals surface area (Å²) in [7, 11) is 0.